The van der Waals surface area contributed by atoms with Gasteiger partial charge in [-0.3, -0.25) is 19.3 Å². The number of rotatable bonds is 7. The third kappa shape index (κ3) is 4.77. The van der Waals surface area contributed by atoms with Gasteiger partial charge < -0.3 is 9.47 Å². The Balaban J connectivity index is 1.39. The largest absolute Gasteiger partial charge is 0.494 e. The van der Waals surface area contributed by atoms with Gasteiger partial charge in [-0.05, 0) is 37.3 Å². The van der Waals surface area contributed by atoms with Crippen LogP contribution >= 0.6 is 27.3 Å². The third-order valence-corrected chi connectivity index (χ3v) is 6.43. The summed E-state index contributed by atoms with van der Waals surface area (Å²) in [5.74, 6) is -0.921. The van der Waals surface area contributed by atoms with Crippen LogP contribution in [0.15, 0.2) is 46.9 Å². The number of carbonyl (C=O) groups is 3. The number of hydrogen-bond acceptors (Lipinski definition) is 7. The minimum Gasteiger partial charge on any atom is -0.494 e. The van der Waals surface area contributed by atoms with Gasteiger partial charge in [-0.2, -0.15) is 0 Å². The summed E-state index contributed by atoms with van der Waals surface area (Å²) < 4.78 is 12.5. The summed E-state index contributed by atoms with van der Waals surface area (Å²) in [6, 6.07) is 12.4. The van der Waals surface area contributed by atoms with Crippen molar-refractivity contribution in [1.29, 1.82) is 0 Å². The van der Waals surface area contributed by atoms with Crippen molar-refractivity contribution in [3.05, 3.63) is 52.5 Å². The number of Topliss-reactive ketones (excluding diaryl/α,β-unsaturated/α-hetero) is 1. The first-order chi connectivity index (χ1) is 14.9. The van der Waals surface area contributed by atoms with Crippen LogP contribution in [0.1, 0.15) is 23.7 Å². The van der Waals surface area contributed by atoms with E-state index in [1.165, 1.54) is 16.2 Å². The van der Waals surface area contributed by atoms with Crippen molar-refractivity contribution in [2.24, 2.45) is 5.92 Å². The van der Waals surface area contributed by atoms with E-state index in [2.05, 4.69) is 20.9 Å². The summed E-state index contributed by atoms with van der Waals surface area (Å²) in [5.41, 5.74) is 1.23. The number of anilines is 1. The molecule has 1 aromatic heterocycles. The van der Waals surface area contributed by atoms with Crippen molar-refractivity contribution in [3.63, 3.8) is 0 Å². The molecule has 4 rings (SSSR count). The summed E-state index contributed by atoms with van der Waals surface area (Å²) in [4.78, 5) is 43.2. The molecule has 1 aliphatic heterocycles. The summed E-state index contributed by atoms with van der Waals surface area (Å²) >= 11 is 4.68. The van der Waals surface area contributed by atoms with Gasteiger partial charge in [-0.1, -0.05) is 39.4 Å². The molecule has 0 bridgehead atoms. The van der Waals surface area contributed by atoms with Gasteiger partial charge in [0, 0.05) is 23.0 Å². The van der Waals surface area contributed by atoms with Gasteiger partial charge in [-0.15, -0.1) is 0 Å². The Morgan fingerprint density at radius 1 is 1.23 bits per heavy atom. The zero-order valence-electron chi connectivity index (χ0n) is 16.7. The smallest absolute Gasteiger partial charge is 0.311 e. The van der Waals surface area contributed by atoms with E-state index in [1.54, 1.807) is 24.3 Å². The van der Waals surface area contributed by atoms with Crippen molar-refractivity contribution >= 4 is 60.3 Å². The van der Waals surface area contributed by atoms with Crippen molar-refractivity contribution in [2.75, 3.05) is 24.7 Å². The maximum absolute atomic E-state index is 12.5. The van der Waals surface area contributed by atoms with E-state index in [0.717, 1.165) is 20.4 Å². The van der Waals surface area contributed by atoms with Crippen LogP contribution in [0.25, 0.3) is 10.2 Å². The number of carbonyl (C=O) groups excluding carboxylic acids is 3. The monoisotopic (exact) mass is 502 g/mol. The van der Waals surface area contributed by atoms with E-state index in [4.69, 9.17) is 9.47 Å². The molecule has 0 spiro atoms. The average molecular weight is 503 g/mol. The lowest BCUT2D eigenvalue weighted by Crippen LogP contribution is -2.27. The Morgan fingerprint density at radius 3 is 2.74 bits per heavy atom. The molecule has 1 amide bonds. The van der Waals surface area contributed by atoms with Crippen LogP contribution in [-0.4, -0.2) is 42.4 Å². The molecular formula is C22H19BrN2O5S. The Morgan fingerprint density at radius 2 is 2.00 bits per heavy atom. The average Bonchev–Trinajstić information content (AvgIpc) is 3.35. The lowest BCUT2D eigenvalue weighted by Gasteiger charge is -2.12. The first kappa shape index (κ1) is 21.5. The Bertz CT molecular complexity index is 1140. The van der Waals surface area contributed by atoms with Gasteiger partial charge in [0.15, 0.2) is 17.5 Å². The molecule has 0 saturated carbocycles. The molecule has 1 fully saturated rings. The van der Waals surface area contributed by atoms with Gasteiger partial charge in [0.05, 0.1) is 22.7 Å². The molecule has 0 unspecified atom stereocenters. The summed E-state index contributed by atoms with van der Waals surface area (Å²) in [6.07, 6.45) is 0.0332. The van der Waals surface area contributed by atoms with E-state index in [1.807, 2.05) is 25.1 Å². The van der Waals surface area contributed by atoms with Crippen LogP contribution in [0.3, 0.4) is 0 Å². The lowest BCUT2D eigenvalue weighted by atomic mass is 10.1. The molecule has 0 N–H and O–H groups in total. The van der Waals surface area contributed by atoms with Crippen LogP contribution in [0.4, 0.5) is 5.13 Å². The van der Waals surface area contributed by atoms with E-state index in [9.17, 15) is 14.4 Å². The standard InChI is InChI=1S/C22H19BrN2O5S/c1-2-29-16-7-8-17-19(10-16)31-22(24-17)25-11-14(9-20(25)27)21(28)30-12-18(26)13-3-5-15(23)6-4-13/h3-8,10,14H,2,9,11-12H2,1H3/t14-/m0/s1. The van der Waals surface area contributed by atoms with Crippen LogP contribution in [0, 0.1) is 5.92 Å². The first-order valence-electron chi connectivity index (χ1n) is 9.73. The Kier molecular flexibility index (Phi) is 6.33. The predicted octanol–water partition coefficient (Wildman–Crippen LogP) is 4.24. The molecular weight excluding hydrogens is 484 g/mol. The number of fused-ring (bicyclic) bond motifs is 1. The number of esters is 1. The first-order valence-corrected chi connectivity index (χ1v) is 11.3. The fraction of sp³-hybridized carbons (Fsp3) is 0.273. The molecule has 160 valence electrons. The Hall–Kier alpha value is -2.78. The molecule has 0 aliphatic carbocycles. The number of aromatic nitrogens is 1. The zero-order chi connectivity index (χ0) is 22.0. The number of ether oxygens (including phenoxy) is 2. The maximum Gasteiger partial charge on any atom is 0.311 e. The van der Waals surface area contributed by atoms with Crippen LogP contribution in [-0.2, 0) is 14.3 Å². The van der Waals surface area contributed by atoms with E-state index in [0.29, 0.717) is 17.3 Å². The minimum absolute atomic E-state index is 0.0332. The highest BCUT2D eigenvalue weighted by Gasteiger charge is 2.37. The molecule has 31 heavy (non-hydrogen) atoms. The fourth-order valence-electron chi connectivity index (χ4n) is 3.29. The SMILES string of the molecule is CCOc1ccc2nc(N3C[C@@H](C(=O)OCC(=O)c4ccc(Br)cc4)CC3=O)sc2c1. The number of thiazole rings is 1. The van der Waals surface area contributed by atoms with Crippen LogP contribution in [0.2, 0.25) is 0 Å². The summed E-state index contributed by atoms with van der Waals surface area (Å²) in [5, 5.41) is 0.537. The highest BCUT2D eigenvalue weighted by molar-refractivity contribution is 9.10. The quantitative estimate of drug-likeness (QED) is 0.354. The van der Waals surface area contributed by atoms with Gasteiger partial charge >= 0.3 is 5.97 Å². The molecule has 2 aromatic carbocycles. The number of ketones is 1. The molecule has 3 aromatic rings. The van der Waals surface area contributed by atoms with E-state index in [-0.39, 0.29) is 31.3 Å². The van der Waals surface area contributed by atoms with E-state index < -0.39 is 11.9 Å². The van der Waals surface area contributed by atoms with Crippen molar-refractivity contribution in [1.82, 2.24) is 4.98 Å². The van der Waals surface area contributed by atoms with Crippen molar-refractivity contribution in [2.45, 2.75) is 13.3 Å². The van der Waals surface area contributed by atoms with Gasteiger partial charge in [0.25, 0.3) is 0 Å². The van der Waals surface area contributed by atoms with Gasteiger partial charge in [0.2, 0.25) is 5.91 Å². The maximum atomic E-state index is 12.5. The predicted molar refractivity (Wildman–Crippen MR) is 121 cm³/mol. The highest BCUT2D eigenvalue weighted by Crippen LogP contribution is 2.34. The summed E-state index contributed by atoms with van der Waals surface area (Å²) in [7, 11) is 0. The number of nitrogens with zero attached hydrogens (tertiary/aromatic N) is 2. The second kappa shape index (κ2) is 9.15. The van der Waals surface area contributed by atoms with Crippen molar-refractivity contribution in [3.8, 4) is 5.75 Å². The normalized spacial score (nSPS) is 16.0. The number of benzene rings is 2. The molecule has 0 radical (unpaired) electrons. The molecule has 7 nitrogen and oxygen atoms in total. The van der Waals surface area contributed by atoms with Crippen LogP contribution < -0.4 is 9.64 Å². The lowest BCUT2D eigenvalue weighted by molar-refractivity contribution is -0.147. The second-order valence-corrected chi connectivity index (χ2v) is 8.93. The zero-order valence-corrected chi connectivity index (χ0v) is 19.1. The van der Waals surface area contributed by atoms with E-state index >= 15 is 0 Å². The molecule has 2 heterocycles. The van der Waals surface area contributed by atoms with Gasteiger partial charge in [-0.25, -0.2) is 4.98 Å². The van der Waals surface area contributed by atoms with Gasteiger partial charge in [0.1, 0.15) is 5.75 Å². The minimum atomic E-state index is -0.629. The number of hydrogen-bond donors (Lipinski definition) is 0. The molecule has 1 saturated heterocycles. The number of amides is 1. The third-order valence-electron chi connectivity index (χ3n) is 4.86. The number of halogens is 1. The molecule has 9 heteroatoms. The molecule has 1 atom stereocenters. The highest BCUT2D eigenvalue weighted by atomic mass is 79.9. The molecule has 1 aliphatic rings. The topological polar surface area (TPSA) is 85.8 Å². The Labute approximate surface area is 191 Å². The second-order valence-electron chi connectivity index (χ2n) is 7.00. The van der Waals surface area contributed by atoms with Crippen molar-refractivity contribution < 1.29 is 23.9 Å². The van der Waals surface area contributed by atoms with Crippen LogP contribution in [0.5, 0.6) is 5.75 Å². The fourth-order valence-corrected chi connectivity index (χ4v) is 4.57. The summed E-state index contributed by atoms with van der Waals surface area (Å²) in [6.45, 7) is 2.31.